The van der Waals surface area contributed by atoms with Crippen molar-refractivity contribution >= 4 is 35.2 Å². The van der Waals surface area contributed by atoms with Gasteiger partial charge in [0.05, 0.1) is 17.5 Å². The lowest BCUT2D eigenvalue weighted by atomic mass is 9.93. The zero-order valence-electron chi connectivity index (χ0n) is 18.5. The van der Waals surface area contributed by atoms with E-state index >= 15 is 0 Å². The van der Waals surface area contributed by atoms with Crippen LogP contribution in [0.25, 0.3) is 0 Å². The van der Waals surface area contributed by atoms with E-state index in [2.05, 4.69) is 17.4 Å². The largest absolute Gasteiger partial charge is 0.493 e. The molecule has 1 unspecified atom stereocenters. The molecule has 3 aromatic carbocycles. The molecule has 0 saturated carbocycles. The summed E-state index contributed by atoms with van der Waals surface area (Å²) in [4.78, 5) is 25.2. The summed E-state index contributed by atoms with van der Waals surface area (Å²) >= 11 is 8.05. The number of fused-ring (bicyclic) bond motifs is 1. The van der Waals surface area contributed by atoms with E-state index in [1.54, 1.807) is 48.2 Å². The van der Waals surface area contributed by atoms with Crippen molar-refractivity contribution in [2.45, 2.75) is 23.7 Å². The third-order valence-corrected chi connectivity index (χ3v) is 6.75. The monoisotopic (exact) mass is 497 g/mol. The summed E-state index contributed by atoms with van der Waals surface area (Å²) < 4.78 is 11.5. The summed E-state index contributed by atoms with van der Waals surface area (Å²) in [6.45, 7) is 0.856. The third-order valence-electron chi connectivity index (χ3n) is 5.62. The van der Waals surface area contributed by atoms with Gasteiger partial charge in [-0.25, -0.2) is 0 Å². The second-order valence-electron chi connectivity index (χ2n) is 7.79. The minimum Gasteiger partial charge on any atom is -0.493 e. The fourth-order valence-electron chi connectivity index (χ4n) is 3.85. The number of ether oxygens (including phenoxy) is 2. The van der Waals surface area contributed by atoms with Crippen molar-refractivity contribution in [3.8, 4) is 17.2 Å². The molecule has 1 heterocycles. The molecular formula is C26H24ClNO5S. The highest BCUT2D eigenvalue weighted by atomic mass is 35.5. The summed E-state index contributed by atoms with van der Waals surface area (Å²) in [7, 11) is 0. The summed E-state index contributed by atoms with van der Waals surface area (Å²) in [5.74, 6) is -0.405. The molecule has 34 heavy (non-hydrogen) atoms. The first-order valence-corrected chi connectivity index (χ1v) is 12.4. The van der Waals surface area contributed by atoms with Gasteiger partial charge in [0.15, 0.2) is 0 Å². The molecule has 176 valence electrons. The van der Waals surface area contributed by atoms with E-state index < -0.39 is 11.9 Å². The maximum absolute atomic E-state index is 12.5. The molecule has 3 aromatic rings. The number of nitrogens with one attached hydrogen (secondary N) is 1. The molecule has 0 aromatic heterocycles. The lowest BCUT2D eigenvalue weighted by Crippen LogP contribution is -2.25. The van der Waals surface area contributed by atoms with E-state index in [0.29, 0.717) is 53.0 Å². The number of hydrogen-bond acceptors (Lipinski definition) is 5. The standard InChI is InChI=1S/C26H24ClNO5S/c1-34-24-5-3-2-4-16(24)10-12-28-25(29)17-6-8-18(9-7-17)33-23-15-22-20(14-21(23)27)19(26(30)31)11-13-32-22/h2-9,14-15,19H,10-13H2,1H3,(H,28,29)(H,30,31). The quantitative estimate of drug-likeness (QED) is 0.384. The van der Waals surface area contributed by atoms with Gasteiger partial charge in [-0.15, -0.1) is 11.8 Å². The SMILES string of the molecule is CSc1ccccc1CCNC(=O)c1ccc(Oc2cc3c(cc2Cl)C(C(=O)O)CCO3)cc1. The lowest BCUT2D eigenvalue weighted by molar-refractivity contribution is -0.139. The van der Waals surface area contributed by atoms with Crippen LogP contribution in [0.4, 0.5) is 0 Å². The lowest BCUT2D eigenvalue weighted by Gasteiger charge is -2.24. The molecule has 0 saturated heterocycles. The van der Waals surface area contributed by atoms with Crippen molar-refractivity contribution in [1.29, 1.82) is 0 Å². The molecule has 1 amide bonds. The number of carbonyl (C=O) groups excluding carboxylic acids is 1. The van der Waals surface area contributed by atoms with Gasteiger partial charge in [-0.05, 0) is 61.1 Å². The van der Waals surface area contributed by atoms with Crippen LogP contribution >= 0.6 is 23.4 Å². The van der Waals surface area contributed by atoms with Gasteiger partial charge in [0.2, 0.25) is 0 Å². The predicted molar refractivity (Wildman–Crippen MR) is 133 cm³/mol. The number of halogens is 1. The summed E-state index contributed by atoms with van der Waals surface area (Å²) in [5.41, 5.74) is 2.28. The van der Waals surface area contributed by atoms with Gasteiger partial charge in [-0.3, -0.25) is 9.59 Å². The fourth-order valence-corrected chi connectivity index (χ4v) is 4.71. The number of thioether (sulfide) groups is 1. The third kappa shape index (κ3) is 5.48. The average molecular weight is 498 g/mol. The number of carboxylic acid groups (broad SMARTS) is 1. The fraction of sp³-hybridized carbons (Fsp3) is 0.231. The Bertz CT molecular complexity index is 1200. The number of carboxylic acids is 1. The van der Waals surface area contributed by atoms with Crippen LogP contribution in [0.3, 0.4) is 0 Å². The van der Waals surface area contributed by atoms with Crippen molar-refractivity contribution in [1.82, 2.24) is 5.32 Å². The summed E-state index contributed by atoms with van der Waals surface area (Å²) in [6.07, 6.45) is 3.19. The zero-order valence-corrected chi connectivity index (χ0v) is 20.1. The number of amides is 1. The topological polar surface area (TPSA) is 84.9 Å². The number of benzene rings is 3. The number of aliphatic carboxylic acids is 1. The van der Waals surface area contributed by atoms with Gasteiger partial charge >= 0.3 is 5.97 Å². The Labute approximate surface area is 207 Å². The van der Waals surface area contributed by atoms with Gasteiger partial charge < -0.3 is 19.9 Å². The van der Waals surface area contributed by atoms with Crippen LogP contribution in [-0.2, 0) is 11.2 Å². The van der Waals surface area contributed by atoms with Crippen LogP contribution in [0.15, 0.2) is 65.6 Å². The molecule has 1 atom stereocenters. The van der Waals surface area contributed by atoms with Gasteiger partial charge in [0, 0.05) is 28.6 Å². The first-order valence-electron chi connectivity index (χ1n) is 10.8. The summed E-state index contributed by atoms with van der Waals surface area (Å²) in [5, 5.41) is 12.7. The van der Waals surface area contributed by atoms with Crippen LogP contribution < -0.4 is 14.8 Å². The second-order valence-corrected chi connectivity index (χ2v) is 9.05. The van der Waals surface area contributed by atoms with Crippen molar-refractivity contribution in [2.75, 3.05) is 19.4 Å². The van der Waals surface area contributed by atoms with Crippen molar-refractivity contribution in [3.63, 3.8) is 0 Å². The molecule has 0 radical (unpaired) electrons. The number of hydrogen-bond donors (Lipinski definition) is 2. The molecule has 4 rings (SSSR count). The zero-order chi connectivity index (χ0) is 24.1. The predicted octanol–water partition coefficient (Wildman–Crippen LogP) is 5.78. The van der Waals surface area contributed by atoms with Gasteiger partial charge in [-0.2, -0.15) is 0 Å². The van der Waals surface area contributed by atoms with Crippen LogP contribution in [0, 0.1) is 0 Å². The Morgan fingerprint density at radius 1 is 1.18 bits per heavy atom. The van der Waals surface area contributed by atoms with Crippen LogP contribution in [0.5, 0.6) is 17.2 Å². The normalized spacial score (nSPS) is 14.6. The van der Waals surface area contributed by atoms with E-state index in [1.165, 1.54) is 10.5 Å². The first-order chi connectivity index (χ1) is 16.5. The van der Waals surface area contributed by atoms with Crippen molar-refractivity contribution in [2.24, 2.45) is 0 Å². The van der Waals surface area contributed by atoms with E-state index in [9.17, 15) is 14.7 Å². The van der Waals surface area contributed by atoms with Gasteiger partial charge in [0.25, 0.3) is 5.91 Å². The van der Waals surface area contributed by atoms with E-state index in [1.807, 2.05) is 18.4 Å². The maximum atomic E-state index is 12.5. The smallest absolute Gasteiger partial charge is 0.311 e. The van der Waals surface area contributed by atoms with Crippen LogP contribution in [-0.4, -0.2) is 36.4 Å². The molecule has 1 aliphatic rings. The van der Waals surface area contributed by atoms with Crippen molar-refractivity contribution < 1.29 is 24.2 Å². The highest BCUT2D eigenvalue weighted by Gasteiger charge is 2.29. The van der Waals surface area contributed by atoms with Crippen LogP contribution in [0.1, 0.15) is 33.8 Å². The van der Waals surface area contributed by atoms with E-state index in [0.717, 1.165) is 6.42 Å². The maximum Gasteiger partial charge on any atom is 0.311 e. The molecule has 0 aliphatic carbocycles. The number of carbonyl (C=O) groups is 2. The Hall–Kier alpha value is -3.16. The van der Waals surface area contributed by atoms with E-state index in [4.69, 9.17) is 21.1 Å². The summed E-state index contributed by atoms with van der Waals surface area (Å²) in [6, 6.07) is 18.1. The van der Waals surface area contributed by atoms with Crippen LogP contribution in [0.2, 0.25) is 5.02 Å². The Morgan fingerprint density at radius 2 is 1.94 bits per heavy atom. The average Bonchev–Trinajstić information content (AvgIpc) is 2.84. The molecule has 0 fully saturated rings. The molecule has 0 spiro atoms. The van der Waals surface area contributed by atoms with E-state index in [-0.39, 0.29) is 5.91 Å². The highest BCUT2D eigenvalue weighted by molar-refractivity contribution is 7.98. The molecule has 1 aliphatic heterocycles. The molecule has 8 heteroatoms. The number of rotatable bonds is 8. The highest BCUT2D eigenvalue weighted by Crippen LogP contribution is 2.41. The molecular weight excluding hydrogens is 474 g/mol. The Morgan fingerprint density at radius 3 is 2.68 bits per heavy atom. The minimum absolute atomic E-state index is 0.159. The van der Waals surface area contributed by atoms with Gasteiger partial charge in [0.1, 0.15) is 17.2 Å². The minimum atomic E-state index is -0.906. The molecule has 6 nitrogen and oxygen atoms in total. The Kier molecular flexibility index (Phi) is 7.65. The molecule has 2 N–H and O–H groups in total. The first kappa shape index (κ1) is 24.0. The van der Waals surface area contributed by atoms with Crippen molar-refractivity contribution in [3.05, 3.63) is 82.4 Å². The second kappa shape index (κ2) is 10.8. The Balaban J connectivity index is 1.38. The molecule has 0 bridgehead atoms. The van der Waals surface area contributed by atoms with Gasteiger partial charge in [-0.1, -0.05) is 29.8 Å².